The summed E-state index contributed by atoms with van der Waals surface area (Å²) in [6.07, 6.45) is 3.81. The third-order valence-electron chi connectivity index (χ3n) is 4.67. The fourth-order valence-electron chi connectivity index (χ4n) is 3.24. The Morgan fingerprint density at radius 3 is 2.87 bits per heavy atom. The molecule has 1 aliphatic rings. The number of nitrogens with zero attached hydrogens (tertiary/aromatic N) is 1. The number of ether oxygens (including phenoxy) is 1. The number of rotatable bonds is 5. The molecule has 1 unspecified atom stereocenters. The number of hydrazone groups is 1. The molecule has 3 N–H and O–H groups in total. The molecule has 1 atom stereocenters. The number of phenolic OH excluding ortho intramolecular Hbond substituents is 1. The van der Waals surface area contributed by atoms with Crippen molar-refractivity contribution in [3.8, 4) is 5.75 Å². The Labute approximate surface area is 177 Å². The lowest BCUT2D eigenvalue weighted by molar-refractivity contribution is -0.136. The van der Waals surface area contributed by atoms with Crippen LogP contribution in [0.2, 0.25) is 0 Å². The molecule has 1 heterocycles. The Bertz CT molecular complexity index is 999. The zero-order valence-electron chi connectivity index (χ0n) is 16.7. The third-order valence-corrected chi connectivity index (χ3v) is 5.84. The van der Waals surface area contributed by atoms with E-state index in [-0.39, 0.29) is 12.4 Å². The van der Waals surface area contributed by atoms with E-state index in [0.717, 1.165) is 29.7 Å². The van der Waals surface area contributed by atoms with Crippen LogP contribution in [0.3, 0.4) is 0 Å². The van der Waals surface area contributed by atoms with Gasteiger partial charge in [0.2, 0.25) is 0 Å². The minimum Gasteiger partial charge on any atom is -0.508 e. The van der Waals surface area contributed by atoms with Crippen LogP contribution in [0.15, 0.2) is 29.4 Å². The normalized spacial score (nSPS) is 15.5. The van der Waals surface area contributed by atoms with Gasteiger partial charge in [0.25, 0.3) is 0 Å². The van der Waals surface area contributed by atoms with Crippen molar-refractivity contribution in [3.05, 3.63) is 45.8 Å². The average molecular weight is 429 g/mol. The van der Waals surface area contributed by atoms with Crippen molar-refractivity contribution in [2.75, 3.05) is 11.9 Å². The Balaban J connectivity index is 1.72. The van der Waals surface area contributed by atoms with Crippen LogP contribution in [-0.2, 0) is 27.2 Å². The molecule has 0 saturated heterocycles. The summed E-state index contributed by atoms with van der Waals surface area (Å²) in [5.41, 5.74) is 3.93. The minimum absolute atomic E-state index is 0.0606. The van der Waals surface area contributed by atoms with Gasteiger partial charge >= 0.3 is 17.8 Å². The molecule has 2 amide bonds. The summed E-state index contributed by atoms with van der Waals surface area (Å²) in [7, 11) is 0. The van der Waals surface area contributed by atoms with E-state index in [4.69, 9.17) is 4.74 Å². The number of fused-ring (bicyclic) bond motifs is 1. The van der Waals surface area contributed by atoms with E-state index in [1.54, 1.807) is 19.1 Å². The second-order valence-corrected chi connectivity index (χ2v) is 8.13. The van der Waals surface area contributed by atoms with Gasteiger partial charge in [0, 0.05) is 4.88 Å². The molecule has 0 radical (unpaired) electrons. The maximum atomic E-state index is 12.5. The predicted octanol–water partition coefficient (Wildman–Crippen LogP) is 2.84. The summed E-state index contributed by atoms with van der Waals surface area (Å²) in [6, 6.07) is 6.27. The smallest absolute Gasteiger partial charge is 0.341 e. The first kappa shape index (κ1) is 21.5. The number of carbonyl (C=O) groups excluding carboxylic acids is 3. The van der Waals surface area contributed by atoms with Crippen molar-refractivity contribution < 1.29 is 24.2 Å². The van der Waals surface area contributed by atoms with Crippen LogP contribution in [-0.4, -0.2) is 35.7 Å². The maximum absolute atomic E-state index is 12.5. The number of esters is 1. The lowest BCUT2D eigenvalue weighted by Gasteiger charge is -2.18. The maximum Gasteiger partial charge on any atom is 0.341 e. The molecular formula is C21H23N3O5S. The number of thiophene rings is 1. The number of phenols is 1. The molecule has 158 valence electrons. The number of aromatic hydroxyl groups is 1. The molecule has 9 heteroatoms. The van der Waals surface area contributed by atoms with E-state index in [2.05, 4.69) is 22.8 Å². The van der Waals surface area contributed by atoms with Crippen molar-refractivity contribution in [2.24, 2.45) is 11.0 Å². The van der Waals surface area contributed by atoms with Crippen LogP contribution < -0.4 is 10.7 Å². The quantitative estimate of drug-likeness (QED) is 0.292. The van der Waals surface area contributed by atoms with Crippen molar-refractivity contribution in [1.29, 1.82) is 0 Å². The first-order valence-corrected chi connectivity index (χ1v) is 10.5. The zero-order chi connectivity index (χ0) is 21.7. The van der Waals surface area contributed by atoms with Gasteiger partial charge in [-0.15, -0.1) is 11.3 Å². The van der Waals surface area contributed by atoms with E-state index >= 15 is 0 Å². The predicted molar refractivity (Wildman–Crippen MR) is 114 cm³/mol. The molecule has 1 aromatic carbocycles. The topological polar surface area (TPSA) is 117 Å². The highest BCUT2D eigenvalue weighted by Crippen LogP contribution is 2.40. The first-order valence-electron chi connectivity index (χ1n) is 9.64. The number of amides is 2. The average Bonchev–Trinajstić information content (AvgIpc) is 3.04. The number of nitrogens with one attached hydrogen (secondary N) is 2. The van der Waals surface area contributed by atoms with Crippen LogP contribution in [0.25, 0.3) is 0 Å². The summed E-state index contributed by atoms with van der Waals surface area (Å²) >= 11 is 1.31. The third kappa shape index (κ3) is 5.04. The molecule has 0 aliphatic heterocycles. The molecule has 0 fully saturated rings. The van der Waals surface area contributed by atoms with E-state index in [1.807, 2.05) is 0 Å². The van der Waals surface area contributed by atoms with Gasteiger partial charge in [0.15, 0.2) is 0 Å². The Hall–Kier alpha value is -3.20. The van der Waals surface area contributed by atoms with E-state index < -0.39 is 17.8 Å². The van der Waals surface area contributed by atoms with Gasteiger partial charge in [0.05, 0.1) is 18.4 Å². The van der Waals surface area contributed by atoms with E-state index in [9.17, 15) is 19.5 Å². The molecule has 0 bridgehead atoms. The highest BCUT2D eigenvalue weighted by Gasteiger charge is 2.30. The first-order chi connectivity index (χ1) is 14.4. The molecule has 3 rings (SSSR count). The van der Waals surface area contributed by atoms with Gasteiger partial charge in [-0.2, -0.15) is 5.10 Å². The Morgan fingerprint density at radius 2 is 2.13 bits per heavy atom. The number of benzene rings is 1. The number of carbonyl (C=O) groups is 3. The number of hydrogen-bond acceptors (Lipinski definition) is 7. The molecule has 0 spiro atoms. The molecule has 8 nitrogen and oxygen atoms in total. The zero-order valence-corrected chi connectivity index (χ0v) is 17.5. The number of anilines is 1. The Morgan fingerprint density at radius 1 is 1.33 bits per heavy atom. The molecule has 30 heavy (non-hydrogen) atoms. The SMILES string of the molecule is CCOC(=O)c1c(NC(=O)C(=O)NN=Cc2cccc(O)c2)sc2c1CCC(C)C2. The monoisotopic (exact) mass is 429 g/mol. The molecule has 0 saturated carbocycles. The summed E-state index contributed by atoms with van der Waals surface area (Å²) in [5, 5.41) is 16.0. The van der Waals surface area contributed by atoms with Crippen molar-refractivity contribution in [1.82, 2.24) is 5.43 Å². The standard InChI is InChI=1S/C21H23N3O5S/c1-3-29-21(28)17-15-8-7-12(2)9-16(15)30-20(17)23-18(26)19(27)24-22-11-13-5-4-6-14(25)10-13/h4-6,10-12,25H,3,7-9H2,1-2H3,(H,23,26)(H,24,27). The largest absolute Gasteiger partial charge is 0.508 e. The summed E-state index contributed by atoms with van der Waals surface area (Å²) in [4.78, 5) is 38.0. The van der Waals surface area contributed by atoms with Crippen molar-refractivity contribution in [3.63, 3.8) is 0 Å². The highest BCUT2D eigenvalue weighted by atomic mass is 32.1. The van der Waals surface area contributed by atoms with Gasteiger partial charge in [-0.25, -0.2) is 10.2 Å². The lowest BCUT2D eigenvalue weighted by Crippen LogP contribution is -2.32. The molecular weight excluding hydrogens is 406 g/mol. The van der Waals surface area contributed by atoms with Crippen LogP contribution in [0.5, 0.6) is 5.75 Å². The molecule has 1 aromatic heterocycles. The second kappa shape index (κ2) is 9.53. The molecule has 1 aliphatic carbocycles. The van der Waals surface area contributed by atoms with Gasteiger partial charge in [-0.1, -0.05) is 19.1 Å². The summed E-state index contributed by atoms with van der Waals surface area (Å²) < 4.78 is 5.16. The van der Waals surface area contributed by atoms with Crippen LogP contribution in [0.1, 0.15) is 46.6 Å². The van der Waals surface area contributed by atoms with Gasteiger partial charge in [0.1, 0.15) is 10.8 Å². The van der Waals surface area contributed by atoms with Crippen molar-refractivity contribution >= 4 is 40.3 Å². The van der Waals surface area contributed by atoms with Crippen LogP contribution in [0.4, 0.5) is 5.00 Å². The highest BCUT2D eigenvalue weighted by molar-refractivity contribution is 7.17. The minimum atomic E-state index is -0.971. The number of hydrogen-bond donors (Lipinski definition) is 3. The fraction of sp³-hybridized carbons (Fsp3) is 0.333. The summed E-state index contributed by atoms with van der Waals surface area (Å²) in [6.45, 7) is 4.08. The lowest BCUT2D eigenvalue weighted by atomic mass is 9.88. The van der Waals surface area contributed by atoms with Crippen molar-refractivity contribution in [2.45, 2.75) is 33.1 Å². The van der Waals surface area contributed by atoms with E-state index in [0.29, 0.717) is 22.0 Å². The van der Waals surface area contributed by atoms with E-state index in [1.165, 1.54) is 29.7 Å². The molecule has 2 aromatic rings. The fourth-order valence-corrected chi connectivity index (χ4v) is 4.63. The van der Waals surface area contributed by atoms with Gasteiger partial charge in [-0.05, 0) is 55.4 Å². The van der Waals surface area contributed by atoms with Gasteiger partial charge in [-0.3, -0.25) is 9.59 Å². The van der Waals surface area contributed by atoms with Gasteiger partial charge < -0.3 is 15.2 Å². The summed E-state index contributed by atoms with van der Waals surface area (Å²) in [5.74, 6) is -1.85. The van der Waals surface area contributed by atoms with Crippen LogP contribution >= 0.6 is 11.3 Å². The Kier molecular flexibility index (Phi) is 6.83. The van der Waals surface area contributed by atoms with Crippen LogP contribution in [0, 0.1) is 5.92 Å². The second-order valence-electron chi connectivity index (χ2n) is 7.02.